The Labute approximate surface area is 156 Å². The molecule has 0 bridgehead atoms. The average molecular weight is 372 g/mol. The largest absolute Gasteiger partial charge is 0.302 e. The number of hydrogen-bond acceptors (Lipinski definition) is 3. The van der Waals surface area contributed by atoms with E-state index < -0.39 is 16.1 Å². The highest BCUT2D eigenvalue weighted by molar-refractivity contribution is 7.89. The molecule has 2 aromatic carbocycles. The van der Waals surface area contributed by atoms with E-state index in [4.69, 9.17) is 0 Å². The van der Waals surface area contributed by atoms with Gasteiger partial charge in [-0.05, 0) is 44.9 Å². The smallest absolute Gasteiger partial charge is 0.244 e. The van der Waals surface area contributed by atoms with Gasteiger partial charge in [-0.2, -0.15) is 4.31 Å². The molecule has 2 rings (SSSR count). The molecule has 0 fully saturated rings. The molecule has 0 aliphatic heterocycles. The Morgan fingerprint density at radius 1 is 1.04 bits per heavy atom. The fraction of sp³-hybridized carbons (Fsp3) is 0.286. The zero-order valence-electron chi connectivity index (χ0n) is 15.4. The molecule has 0 aromatic heterocycles. The topological polar surface area (TPSA) is 54.5 Å². The molecule has 0 saturated carbocycles. The minimum atomic E-state index is -3.79. The molecule has 2 aromatic rings. The zero-order valence-corrected chi connectivity index (χ0v) is 16.2. The number of allylic oxidation sites excluding steroid dienone is 1. The van der Waals surface area contributed by atoms with E-state index in [1.54, 1.807) is 24.3 Å². The zero-order chi connectivity index (χ0) is 19.2. The second-order valence-electron chi connectivity index (χ2n) is 6.56. The lowest BCUT2D eigenvalue weighted by molar-refractivity contribution is -0.110. The average Bonchev–Trinajstić information content (AvgIpc) is 2.61. The Bertz CT molecular complexity index is 852. The molecule has 138 valence electrons. The van der Waals surface area contributed by atoms with Crippen molar-refractivity contribution in [1.82, 2.24) is 4.31 Å². The van der Waals surface area contributed by atoms with E-state index in [0.717, 1.165) is 23.0 Å². The van der Waals surface area contributed by atoms with Crippen LogP contribution in [-0.4, -0.2) is 31.6 Å². The van der Waals surface area contributed by atoms with E-state index in [9.17, 15) is 13.2 Å². The van der Waals surface area contributed by atoms with Gasteiger partial charge in [0.2, 0.25) is 10.0 Å². The number of sulfonamides is 1. The molecule has 0 unspecified atom stereocenters. The van der Waals surface area contributed by atoms with E-state index in [0.29, 0.717) is 6.42 Å². The van der Waals surface area contributed by atoms with Crippen molar-refractivity contribution in [2.45, 2.75) is 38.1 Å². The van der Waals surface area contributed by atoms with Gasteiger partial charge in [0.05, 0.1) is 10.9 Å². The van der Waals surface area contributed by atoms with Crippen molar-refractivity contribution in [3.63, 3.8) is 0 Å². The van der Waals surface area contributed by atoms with Crippen molar-refractivity contribution in [1.29, 1.82) is 0 Å². The molecule has 26 heavy (non-hydrogen) atoms. The van der Waals surface area contributed by atoms with Crippen molar-refractivity contribution in [3.05, 3.63) is 77.4 Å². The number of carbonyl (C=O) groups is 1. The summed E-state index contributed by atoms with van der Waals surface area (Å²) in [4.78, 5) is 12.0. The predicted molar refractivity (Wildman–Crippen MR) is 104 cm³/mol. The third-order valence-electron chi connectivity index (χ3n) is 4.12. The van der Waals surface area contributed by atoms with Crippen molar-refractivity contribution >= 4 is 16.3 Å². The summed E-state index contributed by atoms with van der Waals surface area (Å²) in [5, 5.41) is 0. The number of benzene rings is 2. The van der Waals surface area contributed by atoms with Gasteiger partial charge in [0, 0.05) is 6.54 Å². The second kappa shape index (κ2) is 8.92. The Balaban J connectivity index is 2.41. The first-order chi connectivity index (χ1) is 12.3. The van der Waals surface area contributed by atoms with E-state index in [-0.39, 0.29) is 11.4 Å². The van der Waals surface area contributed by atoms with Crippen LogP contribution in [0.3, 0.4) is 0 Å². The minimum absolute atomic E-state index is 0.161. The van der Waals surface area contributed by atoms with Gasteiger partial charge in [-0.15, -0.1) is 0 Å². The molecular formula is C21H25NO3S. The van der Waals surface area contributed by atoms with E-state index >= 15 is 0 Å². The van der Waals surface area contributed by atoms with E-state index in [1.807, 2.05) is 57.2 Å². The fourth-order valence-corrected chi connectivity index (χ4v) is 4.11. The fourth-order valence-electron chi connectivity index (χ4n) is 2.60. The lowest BCUT2D eigenvalue weighted by Gasteiger charge is -2.27. The lowest BCUT2D eigenvalue weighted by atomic mass is 10.1. The number of aldehydes is 1. The van der Waals surface area contributed by atoms with Gasteiger partial charge in [0.1, 0.15) is 6.29 Å². The van der Waals surface area contributed by atoms with Crippen molar-refractivity contribution in [2.24, 2.45) is 0 Å². The van der Waals surface area contributed by atoms with Crippen molar-refractivity contribution in [2.75, 3.05) is 6.54 Å². The maximum Gasteiger partial charge on any atom is 0.244 e. The Kier molecular flexibility index (Phi) is 6.89. The Morgan fingerprint density at radius 2 is 1.65 bits per heavy atom. The summed E-state index contributed by atoms with van der Waals surface area (Å²) in [6, 6.07) is 15.4. The maximum atomic E-state index is 13.2. The molecule has 0 aliphatic carbocycles. The maximum absolute atomic E-state index is 13.2. The predicted octanol–water partition coefficient (Wildman–Crippen LogP) is 3.76. The third kappa shape index (κ3) is 5.13. The number of hydrogen-bond donors (Lipinski definition) is 0. The van der Waals surface area contributed by atoms with Crippen LogP contribution in [0.4, 0.5) is 0 Å². The summed E-state index contributed by atoms with van der Waals surface area (Å²) in [7, 11) is -3.79. The van der Waals surface area contributed by atoms with Crippen LogP contribution in [0.25, 0.3) is 0 Å². The summed E-state index contributed by atoms with van der Waals surface area (Å²) in [5.41, 5.74) is 2.90. The van der Waals surface area contributed by atoms with Crippen LogP contribution >= 0.6 is 0 Å². The van der Waals surface area contributed by atoms with Gasteiger partial charge in [-0.1, -0.05) is 59.7 Å². The molecule has 1 atom stereocenters. The molecule has 4 nitrogen and oxygen atoms in total. The van der Waals surface area contributed by atoms with Crippen LogP contribution < -0.4 is 0 Å². The van der Waals surface area contributed by atoms with Crippen LogP contribution in [0.2, 0.25) is 0 Å². The molecule has 0 N–H and O–H groups in total. The summed E-state index contributed by atoms with van der Waals surface area (Å²) in [5.74, 6) is 0. The molecule has 0 spiro atoms. The lowest BCUT2D eigenvalue weighted by Crippen LogP contribution is -2.42. The first-order valence-corrected chi connectivity index (χ1v) is 9.99. The molecule has 5 heteroatoms. The standard InChI is InChI=1S/C21H25NO3S/c1-17(2)13-14-22(20(16-23)15-19-7-5-4-6-8-19)26(24,25)21-11-9-18(3)10-12-21/h4-13,16,20H,14-15H2,1-3H3/t20-/m0/s1. The monoisotopic (exact) mass is 371 g/mol. The number of aryl methyl sites for hydroxylation is 1. The Morgan fingerprint density at radius 3 is 2.19 bits per heavy atom. The van der Waals surface area contributed by atoms with E-state index in [2.05, 4.69) is 0 Å². The summed E-state index contributed by atoms with van der Waals surface area (Å²) >= 11 is 0. The Hall–Kier alpha value is -2.24. The third-order valence-corrected chi connectivity index (χ3v) is 6.03. The van der Waals surface area contributed by atoms with E-state index in [1.165, 1.54) is 4.31 Å². The number of rotatable bonds is 8. The molecule has 0 amide bonds. The SMILES string of the molecule is CC(C)=CCN([C@H](C=O)Cc1ccccc1)S(=O)(=O)c1ccc(C)cc1. The highest BCUT2D eigenvalue weighted by Gasteiger charge is 2.30. The highest BCUT2D eigenvalue weighted by atomic mass is 32.2. The molecule has 0 aliphatic rings. The van der Waals surface area contributed by atoms with Gasteiger partial charge in [-0.3, -0.25) is 0 Å². The molecule has 0 radical (unpaired) electrons. The number of carbonyl (C=O) groups excluding carboxylic acids is 1. The molecular weight excluding hydrogens is 346 g/mol. The van der Waals surface area contributed by atoms with Gasteiger partial charge in [-0.25, -0.2) is 8.42 Å². The van der Waals surface area contributed by atoms with Crippen molar-refractivity contribution < 1.29 is 13.2 Å². The first-order valence-electron chi connectivity index (χ1n) is 8.55. The van der Waals surface area contributed by atoms with Crippen molar-refractivity contribution in [3.8, 4) is 0 Å². The van der Waals surface area contributed by atoms with Crippen LogP contribution in [0.5, 0.6) is 0 Å². The quantitative estimate of drug-likeness (QED) is 0.524. The van der Waals surface area contributed by atoms with Crippen LogP contribution in [-0.2, 0) is 21.2 Å². The number of nitrogens with zero attached hydrogens (tertiary/aromatic N) is 1. The summed E-state index contributed by atoms with van der Waals surface area (Å²) in [6.07, 6.45) is 2.89. The van der Waals surface area contributed by atoms with Gasteiger partial charge in [0.25, 0.3) is 0 Å². The summed E-state index contributed by atoms with van der Waals surface area (Å²) in [6.45, 7) is 5.88. The molecule has 0 saturated heterocycles. The van der Waals surface area contributed by atoms with Crippen LogP contribution in [0, 0.1) is 6.92 Å². The summed E-state index contributed by atoms with van der Waals surface area (Å²) < 4.78 is 27.7. The molecule has 0 heterocycles. The highest BCUT2D eigenvalue weighted by Crippen LogP contribution is 2.21. The second-order valence-corrected chi connectivity index (χ2v) is 8.45. The van der Waals surface area contributed by atoms with Gasteiger partial charge in [0.15, 0.2) is 0 Å². The first kappa shape index (κ1) is 20.1. The van der Waals surface area contributed by atoms with Gasteiger partial charge >= 0.3 is 0 Å². The minimum Gasteiger partial charge on any atom is -0.302 e. The van der Waals surface area contributed by atoms with Crippen LogP contribution in [0.1, 0.15) is 25.0 Å². The van der Waals surface area contributed by atoms with Crippen LogP contribution in [0.15, 0.2) is 71.1 Å². The normalized spacial score (nSPS) is 12.6. The van der Waals surface area contributed by atoms with Gasteiger partial charge < -0.3 is 4.79 Å².